The number of pyridine rings is 1. The van der Waals surface area contributed by atoms with E-state index < -0.39 is 0 Å². The highest BCUT2D eigenvalue weighted by Gasteiger charge is 2.32. The molecule has 0 bridgehead atoms. The maximum atomic E-state index is 5.56. The van der Waals surface area contributed by atoms with Crippen molar-refractivity contribution in [3.8, 4) is 11.5 Å². The third-order valence-corrected chi connectivity index (χ3v) is 4.43. The fourth-order valence-corrected chi connectivity index (χ4v) is 3.20. The van der Waals surface area contributed by atoms with Crippen LogP contribution in [-0.2, 0) is 0 Å². The van der Waals surface area contributed by atoms with Crippen LogP contribution < -0.4 is 14.8 Å². The van der Waals surface area contributed by atoms with Gasteiger partial charge in [-0.25, -0.2) is 4.68 Å². The molecule has 25 heavy (non-hydrogen) atoms. The van der Waals surface area contributed by atoms with E-state index in [1.807, 2.05) is 36.5 Å². The maximum absolute atomic E-state index is 5.56. The Hall–Kier alpha value is -3.16. The molecule has 0 radical (unpaired) electrons. The smallest absolute Gasteiger partial charge is 0.244 e. The number of benzene rings is 1. The number of nitrogens with one attached hydrogen (secondary N) is 1. The van der Waals surface area contributed by atoms with Gasteiger partial charge < -0.3 is 14.8 Å². The molecule has 3 aromatic rings. The number of aromatic nitrogens is 5. The van der Waals surface area contributed by atoms with Gasteiger partial charge in [0.1, 0.15) is 11.5 Å². The molecule has 0 unspecified atom stereocenters. The van der Waals surface area contributed by atoms with Gasteiger partial charge in [-0.15, -0.1) is 0 Å². The van der Waals surface area contributed by atoms with E-state index in [-0.39, 0.29) is 12.1 Å². The van der Waals surface area contributed by atoms with Gasteiger partial charge in [-0.1, -0.05) is 11.2 Å². The predicted octanol–water partition coefficient (Wildman–Crippen LogP) is 2.23. The highest BCUT2D eigenvalue weighted by Crippen LogP contribution is 2.41. The lowest BCUT2D eigenvalue weighted by Gasteiger charge is -2.31. The summed E-state index contributed by atoms with van der Waals surface area (Å²) in [6.07, 6.45) is 4.38. The molecule has 1 aliphatic heterocycles. The van der Waals surface area contributed by atoms with Gasteiger partial charge in [0.25, 0.3) is 0 Å². The van der Waals surface area contributed by atoms with Crippen molar-refractivity contribution >= 4 is 5.95 Å². The topological polar surface area (TPSA) is 87.0 Å². The zero-order chi connectivity index (χ0) is 17.2. The van der Waals surface area contributed by atoms with Gasteiger partial charge in [0.05, 0.1) is 26.3 Å². The summed E-state index contributed by atoms with van der Waals surface area (Å²) in [5.41, 5.74) is 2.06. The summed E-state index contributed by atoms with van der Waals surface area (Å²) < 4.78 is 12.7. The average molecular weight is 338 g/mol. The van der Waals surface area contributed by atoms with Gasteiger partial charge >= 0.3 is 0 Å². The molecule has 1 aliphatic rings. The zero-order valence-corrected chi connectivity index (χ0v) is 14.0. The van der Waals surface area contributed by atoms with Crippen LogP contribution in [0.15, 0.2) is 42.7 Å². The van der Waals surface area contributed by atoms with Gasteiger partial charge in [-0.3, -0.25) is 4.98 Å². The molecule has 1 N–H and O–H groups in total. The third-order valence-electron chi connectivity index (χ3n) is 4.43. The highest BCUT2D eigenvalue weighted by molar-refractivity contribution is 5.45. The molecule has 2 aromatic heterocycles. The summed E-state index contributed by atoms with van der Waals surface area (Å²) in [6.45, 7) is 0. The molecule has 0 aliphatic carbocycles. The van der Waals surface area contributed by atoms with Gasteiger partial charge in [0.15, 0.2) is 0 Å². The fraction of sp³-hybridized carbons (Fsp3) is 0.294. The standard InChI is InChI=1S/C17H18N6O2/c1-24-12-5-6-16(25-2)13(8-12)15-9-14(11-4-3-7-18-10-11)19-17-20-21-22-23(15)17/h3-8,10,14-15H,9H2,1-2H3,(H,19,20,22)/t14-,15-/m1/s1. The highest BCUT2D eigenvalue weighted by atomic mass is 16.5. The first kappa shape index (κ1) is 15.4. The van der Waals surface area contributed by atoms with Crippen molar-refractivity contribution in [3.63, 3.8) is 0 Å². The van der Waals surface area contributed by atoms with E-state index in [2.05, 4.69) is 25.8 Å². The molecule has 8 heteroatoms. The van der Waals surface area contributed by atoms with Crippen LogP contribution in [0.25, 0.3) is 0 Å². The number of anilines is 1. The Labute approximate surface area is 144 Å². The number of ether oxygens (including phenoxy) is 2. The Kier molecular flexibility index (Phi) is 3.93. The molecule has 8 nitrogen and oxygen atoms in total. The molecule has 4 rings (SSSR count). The second kappa shape index (κ2) is 6.39. The summed E-state index contributed by atoms with van der Waals surface area (Å²) in [7, 11) is 3.31. The van der Waals surface area contributed by atoms with E-state index in [1.54, 1.807) is 25.1 Å². The van der Waals surface area contributed by atoms with Crippen molar-refractivity contribution in [1.29, 1.82) is 0 Å². The Morgan fingerprint density at radius 3 is 2.88 bits per heavy atom. The van der Waals surface area contributed by atoms with E-state index in [0.717, 1.165) is 29.0 Å². The van der Waals surface area contributed by atoms with Crippen LogP contribution in [0.5, 0.6) is 11.5 Å². The second-order valence-corrected chi connectivity index (χ2v) is 5.79. The Morgan fingerprint density at radius 2 is 2.12 bits per heavy atom. The molecule has 1 aromatic carbocycles. The van der Waals surface area contributed by atoms with Crippen molar-refractivity contribution in [2.24, 2.45) is 0 Å². The van der Waals surface area contributed by atoms with Gasteiger partial charge in [-0.05, 0) is 46.7 Å². The van der Waals surface area contributed by atoms with Crippen LogP contribution in [0.4, 0.5) is 5.95 Å². The fourth-order valence-electron chi connectivity index (χ4n) is 3.20. The number of tetrazole rings is 1. The van der Waals surface area contributed by atoms with Crippen LogP contribution in [0.1, 0.15) is 29.6 Å². The molecule has 128 valence electrons. The first-order chi connectivity index (χ1) is 12.3. The Bertz CT molecular complexity index is 867. The van der Waals surface area contributed by atoms with Crippen molar-refractivity contribution in [2.75, 3.05) is 19.5 Å². The van der Waals surface area contributed by atoms with Crippen LogP contribution in [0, 0.1) is 0 Å². The first-order valence-electron chi connectivity index (χ1n) is 7.96. The maximum Gasteiger partial charge on any atom is 0.244 e. The number of fused-ring (bicyclic) bond motifs is 1. The summed E-state index contributed by atoms with van der Waals surface area (Å²) in [6, 6.07) is 9.69. The Morgan fingerprint density at radius 1 is 1.20 bits per heavy atom. The summed E-state index contributed by atoms with van der Waals surface area (Å²) in [4.78, 5) is 4.22. The minimum Gasteiger partial charge on any atom is -0.497 e. The van der Waals surface area contributed by atoms with Crippen LogP contribution in [0.3, 0.4) is 0 Å². The molecule has 0 saturated heterocycles. The van der Waals surface area contributed by atoms with Crippen molar-refractivity contribution in [2.45, 2.75) is 18.5 Å². The molecule has 2 atom stereocenters. The minimum absolute atomic E-state index is 0.0492. The summed E-state index contributed by atoms with van der Waals surface area (Å²) in [5, 5.41) is 15.5. The number of hydrogen-bond acceptors (Lipinski definition) is 7. The predicted molar refractivity (Wildman–Crippen MR) is 90.7 cm³/mol. The Balaban J connectivity index is 1.79. The van der Waals surface area contributed by atoms with E-state index >= 15 is 0 Å². The number of hydrogen-bond donors (Lipinski definition) is 1. The minimum atomic E-state index is -0.0819. The molecule has 0 amide bonds. The van der Waals surface area contributed by atoms with Gasteiger partial charge in [0.2, 0.25) is 5.95 Å². The summed E-state index contributed by atoms with van der Waals surface area (Å²) in [5.74, 6) is 2.16. The molecule has 0 saturated carbocycles. The lowest BCUT2D eigenvalue weighted by molar-refractivity contribution is 0.371. The second-order valence-electron chi connectivity index (χ2n) is 5.79. The molecule has 0 spiro atoms. The molecule has 3 heterocycles. The van der Waals surface area contributed by atoms with Crippen LogP contribution in [0.2, 0.25) is 0 Å². The quantitative estimate of drug-likeness (QED) is 0.780. The van der Waals surface area contributed by atoms with Crippen LogP contribution >= 0.6 is 0 Å². The zero-order valence-electron chi connectivity index (χ0n) is 14.0. The average Bonchev–Trinajstić information content (AvgIpc) is 3.16. The number of methoxy groups -OCH3 is 2. The molecular weight excluding hydrogens is 320 g/mol. The molecule has 0 fully saturated rings. The largest absolute Gasteiger partial charge is 0.497 e. The lowest BCUT2D eigenvalue weighted by atomic mass is 9.93. The van der Waals surface area contributed by atoms with E-state index in [4.69, 9.17) is 9.47 Å². The van der Waals surface area contributed by atoms with Gasteiger partial charge in [0, 0.05) is 18.0 Å². The first-order valence-corrected chi connectivity index (χ1v) is 7.96. The normalized spacial score (nSPS) is 19.0. The van der Waals surface area contributed by atoms with Crippen molar-refractivity contribution < 1.29 is 9.47 Å². The van der Waals surface area contributed by atoms with Crippen molar-refractivity contribution in [3.05, 3.63) is 53.9 Å². The number of rotatable bonds is 4. The van der Waals surface area contributed by atoms with Gasteiger partial charge in [-0.2, -0.15) is 0 Å². The molecular formula is C17H18N6O2. The van der Waals surface area contributed by atoms with Crippen molar-refractivity contribution in [1.82, 2.24) is 25.2 Å². The van der Waals surface area contributed by atoms with E-state index in [0.29, 0.717) is 5.95 Å². The monoisotopic (exact) mass is 338 g/mol. The SMILES string of the molecule is COc1ccc(OC)c([C@H]2C[C@H](c3cccnc3)Nc3nnnn32)c1. The van der Waals surface area contributed by atoms with Crippen LogP contribution in [-0.4, -0.2) is 39.4 Å². The van der Waals surface area contributed by atoms with E-state index in [1.165, 1.54) is 0 Å². The number of nitrogens with zero attached hydrogens (tertiary/aromatic N) is 5. The lowest BCUT2D eigenvalue weighted by Crippen LogP contribution is -2.28. The third kappa shape index (κ3) is 2.75. The van der Waals surface area contributed by atoms with E-state index in [9.17, 15) is 0 Å². The summed E-state index contributed by atoms with van der Waals surface area (Å²) >= 11 is 0.